The van der Waals surface area contributed by atoms with Crippen molar-refractivity contribution in [2.45, 2.75) is 64.7 Å². The van der Waals surface area contributed by atoms with Crippen LogP contribution in [0.25, 0.3) is 10.6 Å². The Kier molecular flexibility index (Phi) is 10.2. The Hall–Kier alpha value is -1.43. The van der Waals surface area contributed by atoms with Crippen LogP contribution >= 0.6 is 0 Å². The number of amides is 2. The van der Waals surface area contributed by atoms with E-state index in [2.05, 4.69) is 10.6 Å². The molecule has 10 nitrogen and oxygen atoms in total. The first-order chi connectivity index (χ1) is 12.3. The van der Waals surface area contributed by atoms with Gasteiger partial charge in [-0.25, -0.2) is 9.69 Å². The molecule has 0 aliphatic carbocycles. The molecule has 27 heavy (non-hydrogen) atoms. The number of ether oxygens (including phenoxy) is 2. The van der Waals surface area contributed by atoms with Gasteiger partial charge in [-0.15, -0.1) is 11.1 Å². The predicted molar refractivity (Wildman–Crippen MR) is 90.3 cm³/mol. The Labute approximate surface area is 167 Å². The van der Waals surface area contributed by atoms with E-state index in [0.29, 0.717) is 0 Å². The Morgan fingerprint density at radius 2 is 1.52 bits per heavy atom. The van der Waals surface area contributed by atoms with Crippen LogP contribution in [-0.4, -0.2) is 66.3 Å². The number of methoxy groups -OCH3 is 1. The molecule has 0 unspecified atom stereocenters. The van der Waals surface area contributed by atoms with E-state index in [1.165, 1.54) is 7.11 Å². The summed E-state index contributed by atoms with van der Waals surface area (Å²) in [7, 11) is 1.23. The number of esters is 1. The molecule has 1 heterocycles. The van der Waals surface area contributed by atoms with Gasteiger partial charge in [0.25, 0.3) is 5.97 Å². The average molecular weight is 564 g/mol. The zero-order valence-electron chi connectivity index (χ0n) is 16.6. The third kappa shape index (κ3) is 9.36. The molecule has 1 rings (SSSR count). The van der Waals surface area contributed by atoms with Crippen LogP contribution in [0.1, 0.15) is 41.5 Å². The van der Waals surface area contributed by atoms with E-state index in [-0.39, 0.29) is 13.2 Å². The van der Waals surface area contributed by atoms with Crippen LogP contribution in [0.15, 0.2) is 0 Å². The van der Waals surface area contributed by atoms with Crippen molar-refractivity contribution in [3.8, 4) is 0 Å². The molecule has 2 amide bonds. The fraction of sp³-hybridized carbons (Fsp3) is 0.812. The van der Waals surface area contributed by atoms with Gasteiger partial charge in [-0.2, -0.15) is 0 Å². The molecule has 0 aromatic heterocycles. The summed E-state index contributed by atoms with van der Waals surface area (Å²) >= 11 is -2.08. The molecule has 0 spiro atoms. The quantitative estimate of drug-likeness (QED) is 0.467. The Morgan fingerprint density at radius 3 is 1.85 bits per heavy atom. The molecular weight excluding hydrogens is 536 g/mol. The molecular formula is C16H27N3O7Os. The minimum atomic E-state index is -2.08. The summed E-state index contributed by atoms with van der Waals surface area (Å²) in [4.78, 5) is 37.8. The molecule has 0 bridgehead atoms. The van der Waals surface area contributed by atoms with Gasteiger partial charge < -0.3 is 20.1 Å². The molecule has 0 aromatic carbocycles. The maximum atomic E-state index is 12.8. The number of nitrogens with zero attached hydrogens (tertiary/aromatic N) is 3. The standard InChI is InChI=1S/C16H27N3O5.2O.Os/c1-15(2,3)17-10(12(20)19-8-9-24-14(19)22)11(13(21)23-7)18-16(4,5)6;;;/h10-11H,8-9H2,1-7H3;;;/q-2;;;+2/t10-,11-;;;/m1.../s1. The Balaban J connectivity index is 0.00000210. The fourth-order valence-corrected chi connectivity index (χ4v) is 2.22. The molecule has 156 valence electrons. The van der Waals surface area contributed by atoms with Crippen LogP contribution < -0.4 is 0 Å². The molecule has 1 aliphatic rings. The molecule has 2 atom stereocenters. The summed E-state index contributed by atoms with van der Waals surface area (Å²) in [6, 6.07) is -2.28. The summed E-state index contributed by atoms with van der Waals surface area (Å²) in [5.41, 5.74) is -1.19. The summed E-state index contributed by atoms with van der Waals surface area (Å²) in [6.07, 6.45) is -0.728. The summed E-state index contributed by atoms with van der Waals surface area (Å²) < 4.78 is 26.7. The number of carbonyl (C=O) groups excluding carboxylic acids is 3. The first-order valence-electron chi connectivity index (χ1n) is 8.14. The van der Waals surface area contributed by atoms with Gasteiger partial charge in [0, 0.05) is 0 Å². The van der Waals surface area contributed by atoms with E-state index >= 15 is 0 Å². The number of cyclic esters (lactones) is 1. The molecule has 0 radical (unpaired) electrons. The van der Waals surface area contributed by atoms with E-state index in [1.807, 2.05) is 20.8 Å². The van der Waals surface area contributed by atoms with Gasteiger partial charge in [0.2, 0.25) is 5.91 Å². The van der Waals surface area contributed by atoms with Crippen molar-refractivity contribution in [2.24, 2.45) is 0 Å². The zero-order valence-corrected chi connectivity index (χ0v) is 19.2. The maximum absolute atomic E-state index is 12.8. The number of rotatable bonds is 5. The van der Waals surface area contributed by atoms with Crippen molar-refractivity contribution in [1.29, 1.82) is 0 Å². The first-order valence-corrected chi connectivity index (χ1v) is 10.2. The number of hydrogen-bond acceptors (Lipinski definition) is 7. The number of hydrogen-bond donors (Lipinski definition) is 0. The number of imide groups is 1. The summed E-state index contributed by atoms with van der Waals surface area (Å²) in [5.74, 6) is -1.26. The topological polar surface area (TPSA) is 135 Å². The van der Waals surface area contributed by atoms with Crippen LogP contribution in [0.4, 0.5) is 4.79 Å². The molecule has 1 aliphatic heterocycles. The SMILES string of the molecule is COC(=O)[C@H]([N-]C(C)(C)C)[C@@H]([N-]C(C)(C)C)C(=O)N1CCOC1=O.[O]=[Os+2]=[O]. The van der Waals surface area contributed by atoms with Crippen LogP contribution in [0.5, 0.6) is 0 Å². The van der Waals surface area contributed by atoms with Crippen molar-refractivity contribution >= 4 is 18.0 Å². The van der Waals surface area contributed by atoms with Gasteiger partial charge in [-0.3, -0.25) is 9.59 Å². The van der Waals surface area contributed by atoms with Crippen molar-refractivity contribution in [2.75, 3.05) is 20.3 Å². The van der Waals surface area contributed by atoms with Crippen molar-refractivity contribution < 1.29 is 48.3 Å². The van der Waals surface area contributed by atoms with Crippen molar-refractivity contribution in [1.82, 2.24) is 4.90 Å². The third-order valence-electron chi connectivity index (χ3n) is 3.07. The second-order valence-electron chi connectivity index (χ2n) is 7.68. The van der Waals surface area contributed by atoms with Gasteiger partial charge in [-0.1, -0.05) is 47.6 Å². The molecule has 11 heteroatoms. The third-order valence-corrected chi connectivity index (χ3v) is 3.07. The van der Waals surface area contributed by atoms with Gasteiger partial charge in [0.1, 0.15) is 6.61 Å². The number of carbonyl (C=O) groups is 3. The minimum absolute atomic E-state index is 0.131. The molecule has 1 fully saturated rings. The Morgan fingerprint density at radius 1 is 1.07 bits per heavy atom. The predicted octanol–water partition coefficient (Wildman–Crippen LogP) is 1.98. The van der Waals surface area contributed by atoms with E-state index < -0.39 is 58.4 Å². The van der Waals surface area contributed by atoms with E-state index in [0.717, 1.165) is 4.90 Å². The second-order valence-corrected chi connectivity index (χ2v) is 8.10. The van der Waals surface area contributed by atoms with Gasteiger partial charge >= 0.3 is 30.5 Å². The zero-order chi connectivity index (χ0) is 21.4. The first kappa shape index (κ1) is 25.6. The van der Waals surface area contributed by atoms with Gasteiger partial charge in [0.15, 0.2) is 0 Å². The van der Waals surface area contributed by atoms with Crippen molar-refractivity contribution in [3.05, 3.63) is 10.6 Å². The second kappa shape index (κ2) is 10.8. The summed E-state index contributed by atoms with van der Waals surface area (Å²) in [6.45, 7) is 11.1. The molecule has 0 N–H and O–H groups in total. The fourth-order valence-electron chi connectivity index (χ4n) is 2.22. The van der Waals surface area contributed by atoms with E-state index in [1.54, 1.807) is 20.8 Å². The van der Waals surface area contributed by atoms with E-state index in [9.17, 15) is 14.4 Å². The Bertz CT molecular complexity index is 578. The monoisotopic (exact) mass is 565 g/mol. The summed E-state index contributed by atoms with van der Waals surface area (Å²) in [5, 5.41) is 8.86. The van der Waals surface area contributed by atoms with Crippen LogP contribution in [0.2, 0.25) is 0 Å². The van der Waals surface area contributed by atoms with Crippen LogP contribution in [-0.2, 0) is 43.5 Å². The molecule has 0 aromatic rings. The normalized spacial score (nSPS) is 16.6. The van der Waals surface area contributed by atoms with Crippen LogP contribution in [0, 0.1) is 0 Å². The van der Waals surface area contributed by atoms with E-state index in [4.69, 9.17) is 16.6 Å². The van der Waals surface area contributed by atoms with Gasteiger partial charge in [-0.05, 0) is 6.04 Å². The molecule has 0 saturated carbocycles. The van der Waals surface area contributed by atoms with Gasteiger partial charge in [0.05, 0.1) is 13.7 Å². The average Bonchev–Trinajstić information content (AvgIpc) is 2.94. The molecule has 1 saturated heterocycles. The van der Waals surface area contributed by atoms with Crippen LogP contribution in [0.3, 0.4) is 0 Å². The van der Waals surface area contributed by atoms with Crippen molar-refractivity contribution in [3.63, 3.8) is 0 Å².